The lowest BCUT2D eigenvalue weighted by Gasteiger charge is -2.08. The second-order valence-corrected chi connectivity index (χ2v) is 6.79. The monoisotopic (exact) mass is 376 g/mol. The quantitative estimate of drug-likeness (QED) is 0.682. The largest absolute Gasteiger partial charge is 0.452 e. The standard InChI is InChI=1S/C22H20N2O4/c1-14-20(21(24-28-14)16-6-3-2-4-7-16)22(26)27-13-19(25)23-18-11-10-15-8-5-9-17(15)12-18/h2-4,6-7,10-12H,5,8-9,13H2,1H3,(H,23,25). The average molecular weight is 376 g/mol. The van der Waals surface area contributed by atoms with Crippen LogP contribution < -0.4 is 5.32 Å². The number of aromatic nitrogens is 1. The van der Waals surface area contributed by atoms with E-state index < -0.39 is 5.97 Å². The van der Waals surface area contributed by atoms with Crippen molar-refractivity contribution in [2.24, 2.45) is 0 Å². The van der Waals surface area contributed by atoms with Crippen LogP contribution in [0.4, 0.5) is 5.69 Å². The van der Waals surface area contributed by atoms with E-state index in [2.05, 4.69) is 10.5 Å². The zero-order valence-electron chi connectivity index (χ0n) is 15.5. The van der Waals surface area contributed by atoms with Crippen LogP contribution in [0.1, 0.15) is 33.7 Å². The van der Waals surface area contributed by atoms with Crippen molar-refractivity contribution in [2.75, 3.05) is 11.9 Å². The van der Waals surface area contributed by atoms with E-state index in [0.717, 1.165) is 24.8 Å². The molecule has 0 bridgehead atoms. The number of aryl methyl sites for hydroxylation is 3. The molecule has 1 aliphatic carbocycles. The summed E-state index contributed by atoms with van der Waals surface area (Å²) < 4.78 is 10.4. The Kier molecular flexibility index (Phi) is 4.93. The van der Waals surface area contributed by atoms with Crippen molar-refractivity contribution < 1.29 is 18.8 Å². The first kappa shape index (κ1) is 18.0. The average Bonchev–Trinajstić information content (AvgIpc) is 3.33. The van der Waals surface area contributed by atoms with Crippen LogP contribution in [-0.2, 0) is 22.4 Å². The summed E-state index contributed by atoms with van der Waals surface area (Å²) in [5, 5.41) is 6.74. The minimum Gasteiger partial charge on any atom is -0.452 e. The van der Waals surface area contributed by atoms with Crippen molar-refractivity contribution in [1.29, 1.82) is 0 Å². The number of benzene rings is 2. The Bertz CT molecular complexity index is 1020. The van der Waals surface area contributed by atoms with Gasteiger partial charge in [0.25, 0.3) is 5.91 Å². The summed E-state index contributed by atoms with van der Waals surface area (Å²) in [7, 11) is 0. The molecule has 1 aromatic heterocycles. The van der Waals surface area contributed by atoms with Crippen LogP contribution in [-0.4, -0.2) is 23.6 Å². The second kappa shape index (κ2) is 7.68. The topological polar surface area (TPSA) is 81.4 Å². The van der Waals surface area contributed by atoms with Crippen molar-refractivity contribution in [3.8, 4) is 11.3 Å². The molecule has 4 rings (SSSR count). The molecule has 2 aromatic carbocycles. The van der Waals surface area contributed by atoms with E-state index in [-0.39, 0.29) is 18.1 Å². The minimum atomic E-state index is -0.637. The third-order valence-corrected chi connectivity index (χ3v) is 4.83. The summed E-state index contributed by atoms with van der Waals surface area (Å²) in [5.74, 6) is -0.675. The normalized spacial score (nSPS) is 12.5. The van der Waals surface area contributed by atoms with Gasteiger partial charge in [-0.2, -0.15) is 0 Å². The Morgan fingerprint density at radius 2 is 1.89 bits per heavy atom. The number of nitrogens with one attached hydrogen (secondary N) is 1. The zero-order chi connectivity index (χ0) is 19.5. The molecule has 6 nitrogen and oxygen atoms in total. The van der Waals surface area contributed by atoms with Crippen LogP contribution >= 0.6 is 0 Å². The van der Waals surface area contributed by atoms with E-state index in [1.807, 2.05) is 48.5 Å². The lowest BCUT2D eigenvalue weighted by atomic mass is 10.1. The number of nitrogens with zero attached hydrogens (tertiary/aromatic N) is 1. The predicted molar refractivity (Wildman–Crippen MR) is 104 cm³/mol. The minimum absolute atomic E-state index is 0.233. The third-order valence-electron chi connectivity index (χ3n) is 4.83. The molecule has 28 heavy (non-hydrogen) atoms. The van der Waals surface area contributed by atoms with E-state index >= 15 is 0 Å². The molecule has 0 atom stereocenters. The van der Waals surface area contributed by atoms with Gasteiger partial charge >= 0.3 is 5.97 Å². The summed E-state index contributed by atoms with van der Waals surface area (Å²) in [4.78, 5) is 24.7. The van der Waals surface area contributed by atoms with Gasteiger partial charge in [-0.3, -0.25) is 4.79 Å². The first-order valence-electron chi connectivity index (χ1n) is 9.22. The fourth-order valence-electron chi connectivity index (χ4n) is 3.46. The number of amides is 1. The van der Waals surface area contributed by atoms with Gasteiger partial charge in [0.15, 0.2) is 6.61 Å². The number of anilines is 1. The first-order chi connectivity index (χ1) is 13.6. The summed E-state index contributed by atoms with van der Waals surface area (Å²) in [6.07, 6.45) is 3.26. The van der Waals surface area contributed by atoms with Gasteiger partial charge in [0.2, 0.25) is 0 Å². The summed E-state index contributed by atoms with van der Waals surface area (Å²) in [6, 6.07) is 15.1. The van der Waals surface area contributed by atoms with Crippen LogP contribution in [0.2, 0.25) is 0 Å². The van der Waals surface area contributed by atoms with Crippen molar-refractivity contribution in [3.05, 3.63) is 71.0 Å². The molecule has 0 saturated heterocycles. The van der Waals surface area contributed by atoms with E-state index in [1.165, 1.54) is 11.1 Å². The molecule has 0 saturated carbocycles. The Labute approximate surface area is 162 Å². The molecular formula is C22H20N2O4. The van der Waals surface area contributed by atoms with Crippen LogP contribution in [0, 0.1) is 6.92 Å². The van der Waals surface area contributed by atoms with Gasteiger partial charge in [0.1, 0.15) is 17.0 Å². The number of fused-ring (bicyclic) bond motifs is 1. The smallest absolute Gasteiger partial charge is 0.344 e. The summed E-state index contributed by atoms with van der Waals surface area (Å²) in [5.41, 5.74) is 4.70. The number of carbonyl (C=O) groups is 2. The highest BCUT2D eigenvalue weighted by atomic mass is 16.5. The fraction of sp³-hybridized carbons (Fsp3) is 0.227. The maximum Gasteiger partial charge on any atom is 0.344 e. The van der Waals surface area contributed by atoms with Crippen LogP contribution in [0.25, 0.3) is 11.3 Å². The van der Waals surface area contributed by atoms with Gasteiger partial charge in [0.05, 0.1) is 0 Å². The molecule has 1 aliphatic rings. The highest BCUT2D eigenvalue weighted by Crippen LogP contribution is 2.26. The summed E-state index contributed by atoms with van der Waals surface area (Å²) in [6.45, 7) is 1.26. The molecule has 142 valence electrons. The molecule has 0 aliphatic heterocycles. The zero-order valence-corrected chi connectivity index (χ0v) is 15.5. The molecule has 3 aromatic rings. The maximum atomic E-state index is 12.5. The third kappa shape index (κ3) is 3.67. The molecule has 0 spiro atoms. The van der Waals surface area contributed by atoms with Gasteiger partial charge in [-0.15, -0.1) is 0 Å². The fourth-order valence-corrected chi connectivity index (χ4v) is 3.46. The lowest BCUT2D eigenvalue weighted by Crippen LogP contribution is -2.21. The number of hydrogen-bond acceptors (Lipinski definition) is 5. The number of hydrogen-bond donors (Lipinski definition) is 1. The molecule has 0 fully saturated rings. The van der Waals surface area contributed by atoms with E-state index in [4.69, 9.17) is 9.26 Å². The van der Waals surface area contributed by atoms with Crippen molar-refractivity contribution in [1.82, 2.24) is 5.16 Å². The SMILES string of the molecule is Cc1onc(-c2ccccc2)c1C(=O)OCC(=O)Nc1ccc2c(c1)CCC2. The van der Waals surface area contributed by atoms with Crippen molar-refractivity contribution >= 4 is 17.6 Å². The second-order valence-electron chi connectivity index (χ2n) is 6.79. The first-order valence-corrected chi connectivity index (χ1v) is 9.22. The molecule has 1 heterocycles. The lowest BCUT2D eigenvalue weighted by molar-refractivity contribution is -0.119. The molecule has 0 unspecified atom stereocenters. The van der Waals surface area contributed by atoms with E-state index in [9.17, 15) is 9.59 Å². The Hall–Kier alpha value is -3.41. The van der Waals surface area contributed by atoms with Gasteiger partial charge in [-0.25, -0.2) is 4.79 Å². The highest BCUT2D eigenvalue weighted by molar-refractivity contribution is 5.99. The molecular weight excluding hydrogens is 356 g/mol. The Balaban J connectivity index is 1.41. The highest BCUT2D eigenvalue weighted by Gasteiger charge is 2.23. The Morgan fingerprint density at radius 1 is 1.11 bits per heavy atom. The van der Waals surface area contributed by atoms with Gasteiger partial charge in [0, 0.05) is 11.3 Å². The van der Waals surface area contributed by atoms with Crippen molar-refractivity contribution in [2.45, 2.75) is 26.2 Å². The van der Waals surface area contributed by atoms with E-state index in [0.29, 0.717) is 17.1 Å². The molecule has 1 N–H and O–H groups in total. The van der Waals surface area contributed by atoms with Gasteiger partial charge in [-0.05, 0) is 49.4 Å². The predicted octanol–water partition coefficient (Wildman–Crippen LogP) is 3.93. The van der Waals surface area contributed by atoms with Crippen LogP contribution in [0.15, 0.2) is 53.1 Å². The number of esters is 1. The Morgan fingerprint density at radius 3 is 2.71 bits per heavy atom. The molecule has 1 amide bonds. The molecule has 6 heteroatoms. The summed E-state index contributed by atoms with van der Waals surface area (Å²) >= 11 is 0. The number of rotatable bonds is 5. The van der Waals surface area contributed by atoms with Crippen LogP contribution in [0.3, 0.4) is 0 Å². The number of ether oxygens (including phenoxy) is 1. The number of carbonyl (C=O) groups excluding carboxylic acids is 2. The van der Waals surface area contributed by atoms with Gasteiger partial charge < -0.3 is 14.6 Å². The van der Waals surface area contributed by atoms with E-state index in [1.54, 1.807) is 6.92 Å². The van der Waals surface area contributed by atoms with Gasteiger partial charge in [-0.1, -0.05) is 41.6 Å². The maximum absolute atomic E-state index is 12.5. The van der Waals surface area contributed by atoms with Crippen molar-refractivity contribution in [3.63, 3.8) is 0 Å². The molecule has 0 radical (unpaired) electrons. The van der Waals surface area contributed by atoms with Crippen LogP contribution in [0.5, 0.6) is 0 Å².